The molecule has 62 heavy (non-hydrogen) atoms. The number of aromatic nitrogens is 8. The normalized spacial score (nSPS) is 15.1. The summed E-state index contributed by atoms with van der Waals surface area (Å²) in [4.78, 5) is 20.2. The first-order valence-corrected chi connectivity index (χ1v) is 20.6. The molecule has 5 N–H and O–H groups in total. The molecule has 0 amide bonds. The fraction of sp³-hybridized carbons (Fsp3) is 0.487. The quantitative estimate of drug-likeness (QED) is 0.0306. The van der Waals surface area contributed by atoms with Crippen molar-refractivity contribution in [2.45, 2.75) is 82.3 Å². The topological polar surface area (TPSA) is 259 Å². The molecule has 2 aliphatic rings. The van der Waals surface area contributed by atoms with E-state index in [1.807, 2.05) is 6.20 Å². The average molecular weight is 887 g/mol. The summed E-state index contributed by atoms with van der Waals surface area (Å²) in [6.45, 7) is 7.24. The van der Waals surface area contributed by atoms with Crippen LogP contribution < -0.4 is 11.5 Å². The summed E-state index contributed by atoms with van der Waals surface area (Å²) < 4.78 is 84.6. The predicted molar refractivity (Wildman–Crippen MR) is 219 cm³/mol. The van der Waals surface area contributed by atoms with E-state index in [4.69, 9.17) is 42.2 Å². The molecule has 0 radical (unpaired) electrons. The molecule has 0 unspecified atom stereocenters. The first-order chi connectivity index (χ1) is 29.7. The number of methoxy groups -OCH3 is 4. The minimum Gasteiger partial charge on any atom is -0.383 e. The molecule has 19 nitrogen and oxygen atoms in total. The minimum absolute atomic E-state index is 0.369. The Morgan fingerprint density at radius 2 is 1.42 bits per heavy atom. The van der Waals surface area contributed by atoms with Crippen LogP contribution in [-0.2, 0) is 46.1 Å². The third-order valence-electron chi connectivity index (χ3n) is 10.1. The first kappa shape index (κ1) is 48.7. The zero-order valence-electron chi connectivity index (χ0n) is 34.6. The van der Waals surface area contributed by atoms with Crippen molar-refractivity contribution < 1.29 is 44.7 Å². The number of allylic oxidation sites excluding steroid dienone is 3. The number of nitrogen functional groups attached to an aromatic ring is 2. The van der Waals surface area contributed by atoms with Crippen LogP contribution in [0, 0.1) is 29.7 Å². The van der Waals surface area contributed by atoms with Crippen LogP contribution in [0.2, 0.25) is 0 Å². The molecular formula is C39H49F3N12O7S. The third kappa shape index (κ3) is 13.0. The van der Waals surface area contributed by atoms with Crippen molar-refractivity contribution in [2.75, 3.05) is 39.9 Å². The van der Waals surface area contributed by atoms with Crippen LogP contribution in [0.25, 0.3) is 33.1 Å². The zero-order chi connectivity index (χ0) is 45.3. The Hall–Kier alpha value is -5.98. The van der Waals surface area contributed by atoms with E-state index in [2.05, 4.69) is 44.3 Å². The molecular weight excluding hydrogens is 838 g/mol. The number of aromatic amines is 1. The second kappa shape index (κ2) is 23.3. The molecule has 2 saturated carbocycles. The van der Waals surface area contributed by atoms with Crippen LogP contribution in [0.5, 0.6) is 0 Å². The number of H-pyrrole nitrogens is 1. The van der Waals surface area contributed by atoms with Gasteiger partial charge in [0.25, 0.3) is 0 Å². The number of nitrogens with one attached hydrogen (secondary N) is 1. The van der Waals surface area contributed by atoms with E-state index in [-0.39, 0.29) is 6.29 Å². The van der Waals surface area contributed by atoms with Gasteiger partial charge in [-0.15, -0.1) is 0 Å². The van der Waals surface area contributed by atoms with E-state index in [1.165, 1.54) is 31.6 Å². The van der Waals surface area contributed by atoms with Crippen LogP contribution >= 0.6 is 0 Å². The van der Waals surface area contributed by atoms with Gasteiger partial charge in [0, 0.05) is 87.5 Å². The van der Waals surface area contributed by atoms with Crippen LogP contribution in [0.15, 0.2) is 55.5 Å². The highest BCUT2D eigenvalue weighted by molar-refractivity contribution is 7.87. The van der Waals surface area contributed by atoms with Crippen molar-refractivity contribution in [3.05, 3.63) is 78.0 Å². The van der Waals surface area contributed by atoms with Gasteiger partial charge in [0.2, 0.25) is 0 Å². The van der Waals surface area contributed by atoms with Gasteiger partial charge in [0.1, 0.15) is 30.0 Å². The van der Waals surface area contributed by atoms with Crippen molar-refractivity contribution in [1.82, 2.24) is 39.9 Å². The molecule has 4 heterocycles. The number of nitrogens with zero attached hydrogens (tertiary/aromatic N) is 9. The Labute approximate surface area is 357 Å². The number of hydrogen-bond acceptors (Lipinski definition) is 16. The SMILES string of the molecule is COC(Cc1c(N)ncnc1-c1cn[nH]c1)OC.N#CC=C(OS(=O)(=O)C(F)(F)F)C1CCCC1.[C-]#[N+]/C=C(/C1CCCC1)n1cc(-c2ncnc(N)c2CC(OC)OC)cn1. The highest BCUT2D eigenvalue weighted by atomic mass is 32.2. The molecule has 0 saturated heterocycles. The van der Waals surface area contributed by atoms with Gasteiger partial charge in [0.15, 0.2) is 18.8 Å². The third-order valence-corrected chi connectivity index (χ3v) is 11.0. The van der Waals surface area contributed by atoms with Crippen molar-refractivity contribution in [2.24, 2.45) is 11.8 Å². The summed E-state index contributed by atoms with van der Waals surface area (Å²) in [5.74, 6) is 0.335. The van der Waals surface area contributed by atoms with Gasteiger partial charge in [-0.3, -0.25) is 9.78 Å². The lowest BCUT2D eigenvalue weighted by Gasteiger charge is -2.16. The molecule has 0 aromatic carbocycles. The number of alkyl halides is 3. The number of ether oxygens (including phenoxy) is 4. The van der Waals surface area contributed by atoms with Crippen LogP contribution in [-0.4, -0.2) is 94.9 Å². The van der Waals surface area contributed by atoms with Gasteiger partial charge < -0.3 is 34.6 Å². The first-order valence-electron chi connectivity index (χ1n) is 19.2. The van der Waals surface area contributed by atoms with Gasteiger partial charge in [-0.25, -0.2) is 24.8 Å². The molecule has 2 aliphatic carbocycles. The Bertz CT molecular complexity index is 2290. The maximum absolute atomic E-state index is 12.1. The van der Waals surface area contributed by atoms with E-state index >= 15 is 0 Å². The largest absolute Gasteiger partial charge is 0.534 e. The van der Waals surface area contributed by atoms with Gasteiger partial charge in [-0.05, 0) is 31.6 Å². The number of nitrogens with two attached hydrogens (primary N) is 2. The maximum atomic E-state index is 12.1. The molecule has 0 aliphatic heterocycles. The van der Waals surface area contributed by atoms with E-state index < -0.39 is 33.6 Å². The van der Waals surface area contributed by atoms with Crippen molar-refractivity contribution in [3.63, 3.8) is 0 Å². The minimum atomic E-state index is -5.68. The van der Waals surface area contributed by atoms with Crippen molar-refractivity contribution in [3.8, 4) is 28.6 Å². The zero-order valence-corrected chi connectivity index (χ0v) is 35.4. The van der Waals surface area contributed by atoms with Gasteiger partial charge >= 0.3 is 15.6 Å². The summed E-state index contributed by atoms with van der Waals surface area (Å²) in [5.41, 5.74) is 12.1. The number of anilines is 2. The monoisotopic (exact) mass is 886 g/mol. The number of halogens is 3. The summed E-state index contributed by atoms with van der Waals surface area (Å²) in [6.07, 6.45) is 19.5. The molecule has 334 valence electrons. The van der Waals surface area contributed by atoms with Gasteiger partial charge in [-0.2, -0.15) is 37.0 Å². The Morgan fingerprint density at radius 1 is 0.903 bits per heavy atom. The van der Waals surface area contributed by atoms with Crippen molar-refractivity contribution >= 4 is 27.5 Å². The summed E-state index contributed by atoms with van der Waals surface area (Å²) in [5, 5.41) is 19.5. The lowest BCUT2D eigenvalue weighted by atomic mass is 10.0. The van der Waals surface area contributed by atoms with E-state index in [9.17, 15) is 21.6 Å². The summed E-state index contributed by atoms with van der Waals surface area (Å²) >= 11 is 0. The standard InChI is InChI=1S/C19H24N6O2.C11H15N5O2.C9H10F3NO3S/c1-21-10-16(13-6-4-5-7-13)25-11-14(9-24-25)18-15(8-17(26-2)27-3)19(20)23-12-22-18;1-17-9(18-2)3-8-10(7-4-15-16-5-7)13-6-14-11(8)12;10-9(11,12)17(14,15)16-8(5-6-13)7-3-1-2-4-7/h9-13,17H,4-8H2,2-3H3,(H2,20,22,23);4-6,9H,3H2,1-2H3,(H,15,16)(H2,12,13,14);5,7H,1-4H2/b16-10-;;. The van der Waals surface area contributed by atoms with Crippen LogP contribution in [0.1, 0.15) is 62.5 Å². The molecule has 0 spiro atoms. The molecule has 0 atom stereocenters. The van der Waals surface area contributed by atoms with E-state index in [1.54, 1.807) is 57.9 Å². The fourth-order valence-corrected chi connectivity index (χ4v) is 7.41. The predicted octanol–water partition coefficient (Wildman–Crippen LogP) is 6.05. The Balaban J connectivity index is 0.000000213. The summed E-state index contributed by atoms with van der Waals surface area (Å²) in [7, 11) is 0.631. The molecule has 4 aromatic heterocycles. The van der Waals surface area contributed by atoms with Crippen LogP contribution in [0.3, 0.4) is 0 Å². The molecule has 0 bridgehead atoms. The number of nitriles is 1. The Kier molecular flexibility index (Phi) is 18.3. The smallest absolute Gasteiger partial charge is 0.383 e. The molecule has 2 fully saturated rings. The lowest BCUT2D eigenvalue weighted by Crippen LogP contribution is -2.26. The van der Waals surface area contributed by atoms with Crippen molar-refractivity contribution in [1.29, 1.82) is 5.26 Å². The highest BCUT2D eigenvalue weighted by Crippen LogP contribution is 2.36. The molecule has 6 rings (SSSR count). The second-order valence-electron chi connectivity index (χ2n) is 13.8. The average Bonchev–Trinajstić information content (AvgIpc) is 4.11. The number of rotatable bonds is 15. The van der Waals surface area contributed by atoms with Gasteiger partial charge in [-0.1, -0.05) is 25.7 Å². The number of hydrogen-bond donors (Lipinski definition) is 3. The van der Waals surface area contributed by atoms with E-state index in [0.29, 0.717) is 48.9 Å². The Morgan fingerprint density at radius 3 is 1.87 bits per heavy atom. The maximum Gasteiger partial charge on any atom is 0.534 e. The molecule has 23 heteroatoms. The molecule has 4 aromatic rings. The highest BCUT2D eigenvalue weighted by Gasteiger charge is 2.49. The van der Waals surface area contributed by atoms with E-state index in [0.717, 1.165) is 65.4 Å². The van der Waals surface area contributed by atoms with Gasteiger partial charge in [0.05, 0.1) is 42.5 Å². The van der Waals surface area contributed by atoms with Crippen LogP contribution in [0.4, 0.5) is 24.8 Å². The second-order valence-corrected chi connectivity index (χ2v) is 15.4. The summed E-state index contributed by atoms with van der Waals surface area (Å²) in [6, 6.07) is 1.50. The lowest BCUT2D eigenvalue weighted by molar-refractivity contribution is -0.100. The fourth-order valence-electron chi connectivity index (χ4n) is 6.87.